The molecule has 0 unspecified atom stereocenters. The van der Waals surface area contributed by atoms with Crippen LogP contribution in [0.1, 0.15) is 13.8 Å². The zero-order valence-electron chi connectivity index (χ0n) is 14.3. The van der Waals surface area contributed by atoms with Gasteiger partial charge in [0.25, 0.3) is 0 Å². The number of hydrogen-bond acceptors (Lipinski definition) is 4. The van der Waals surface area contributed by atoms with E-state index in [1.807, 2.05) is 61.7 Å². The van der Waals surface area contributed by atoms with Crippen molar-refractivity contribution in [2.75, 3.05) is 13.6 Å². The topological polar surface area (TPSA) is 55.1 Å². The molecule has 2 rings (SSSR count). The maximum atomic E-state index is 11.8. The Morgan fingerprint density at radius 1 is 1.42 bits per heavy atom. The number of rotatable bonds is 6. The molecule has 2 aromatic rings. The van der Waals surface area contributed by atoms with Gasteiger partial charge in [0.15, 0.2) is 10.6 Å². The maximum absolute atomic E-state index is 11.8. The molecular formula is C16H22ClN5OS. The predicted octanol–water partition coefficient (Wildman–Crippen LogP) is 2.69. The van der Waals surface area contributed by atoms with Gasteiger partial charge in [-0.3, -0.25) is 9.69 Å². The number of hydrogen-bond donors (Lipinski definition) is 1. The monoisotopic (exact) mass is 367 g/mol. The van der Waals surface area contributed by atoms with Gasteiger partial charge in [-0.1, -0.05) is 23.7 Å². The average molecular weight is 368 g/mol. The third kappa shape index (κ3) is 4.43. The first kappa shape index (κ1) is 18.6. The van der Waals surface area contributed by atoms with Gasteiger partial charge in [-0.25, -0.2) is 4.68 Å². The second-order valence-corrected chi connectivity index (χ2v) is 6.79. The minimum atomic E-state index is -0.0266. The summed E-state index contributed by atoms with van der Waals surface area (Å²) in [5.41, 5.74) is 0.826. The lowest BCUT2D eigenvalue weighted by Crippen LogP contribution is -2.39. The highest BCUT2D eigenvalue weighted by Gasteiger charge is 2.14. The molecular weight excluding hydrogens is 346 g/mol. The number of benzene rings is 1. The Hall–Kier alpha value is -1.70. The molecule has 0 atom stereocenters. The van der Waals surface area contributed by atoms with Crippen LogP contribution in [0.4, 0.5) is 0 Å². The highest BCUT2D eigenvalue weighted by molar-refractivity contribution is 7.71. The Kier molecular flexibility index (Phi) is 6.15. The number of carbonyl (C=O) groups excluding carboxylic acids is 1. The summed E-state index contributed by atoms with van der Waals surface area (Å²) in [6.07, 6.45) is 0. The van der Waals surface area contributed by atoms with Crippen molar-refractivity contribution < 1.29 is 4.79 Å². The van der Waals surface area contributed by atoms with Crippen LogP contribution in [0, 0.1) is 4.77 Å². The Morgan fingerprint density at radius 3 is 2.71 bits per heavy atom. The smallest absolute Gasteiger partial charge is 0.234 e. The quantitative estimate of drug-likeness (QED) is 0.797. The summed E-state index contributed by atoms with van der Waals surface area (Å²) in [6, 6.07) is 7.63. The Morgan fingerprint density at radius 2 is 2.08 bits per heavy atom. The zero-order chi connectivity index (χ0) is 17.9. The van der Waals surface area contributed by atoms with Gasteiger partial charge in [-0.05, 0) is 45.2 Å². The minimum Gasteiger partial charge on any atom is -0.353 e. The second-order valence-electron chi connectivity index (χ2n) is 6.02. The molecule has 0 bridgehead atoms. The van der Waals surface area contributed by atoms with Crippen molar-refractivity contribution >= 4 is 29.7 Å². The number of aromatic nitrogens is 3. The standard InChI is InChI=1S/C16H22ClN5OS/c1-11(2)18-14(23)9-20(3)10-22-16(24)21(4)15(19-22)12-7-5-6-8-13(12)17/h5-8,11H,9-10H2,1-4H3,(H,18,23). The molecule has 1 heterocycles. The molecule has 6 nitrogen and oxygen atoms in total. The number of halogens is 1. The number of carbonyl (C=O) groups is 1. The normalized spacial score (nSPS) is 11.3. The van der Waals surface area contributed by atoms with Crippen molar-refractivity contribution in [3.8, 4) is 11.4 Å². The van der Waals surface area contributed by atoms with Gasteiger partial charge in [-0.15, -0.1) is 0 Å². The first-order valence-corrected chi connectivity index (χ1v) is 8.45. The molecule has 0 saturated carbocycles. The molecule has 0 radical (unpaired) electrons. The maximum Gasteiger partial charge on any atom is 0.234 e. The van der Waals surface area contributed by atoms with Crippen molar-refractivity contribution in [1.82, 2.24) is 24.6 Å². The Labute approximate surface area is 152 Å². The van der Waals surface area contributed by atoms with Gasteiger partial charge in [-0.2, -0.15) is 5.10 Å². The largest absolute Gasteiger partial charge is 0.353 e. The molecule has 1 aromatic heterocycles. The van der Waals surface area contributed by atoms with Crippen molar-refractivity contribution in [2.45, 2.75) is 26.6 Å². The predicted molar refractivity (Wildman–Crippen MR) is 98.4 cm³/mol. The van der Waals surface area contributed by atoms with Gasteiger partial charge >= 0.3 is 0 Å². The molecule has 1 amide bonds. The van der Waals surface area contributed by atoms with E-state index in [0.29, 0.717) is 22.3 Å². The summed E-state index contributed by atoms with van der Waals surface area (Å²) in [5.74, 6) is 0.673. The zero-order valence-corrected chi connectivity index (χ0v) is 15.9. The highest BCUT2D eigenvalue weighted by Crippen LogP contribution is 2.25. The van der Waals surface area contributed by atoms with E-state index in [1.54, 1.807) is 4.68 Å². The summed E-state index contributed by atoms with van der Waals surface area (Å²) in [7, 11) is 3.71. The van der Waals surface area contributed by atoms with E-state index < -0.39 is 0 Å². The van der Waals surface area contributed by atoms with Crippen LogP contribution >= 0.6 is 23.8 Å². The van der Waals surface area contributed by atoms with E-state index in [0.717, 1.165) is 5.56 Å². The minimum absolute atomic E-state index is 0.0266. The second kappa shape index (κ2) is 7.92. The summed E-state index contributed by atoms with van der Waals surface area (Å²) in [6.45, 7) is 4.56. The van der Waals surface area contributed by atoms with E-state index in [1.165, 1.54) is 0 Å². The van der Waals surface area contributed by atoms with Gasteiger partial charge < -0.3 is 9.88 Å². The van der Waals surface area contributed by atoms with E-state index in [2.05, 4.69) is 10.4 Å². The Bertz CT molecular complexity index is 783. The van der Waals surface area contributed by atoms with Crippen LogP contribution < -0.4 is 5.32 Å². The summed E-state index contributed by atoms with van der Waals surface area (Å²) in [5, 5.41) is 8.05. The number of amides is 1. The van der Waals surface area contributed by atoms with Gasteiger partial charge in [0.1, 0.15) is 0 Å². The van der Waals surface area contributed by atoms with Crippen LogP contribution in [0.25, 0.3) is 11.4 Å². The molecule has 8 heteroatoms. The molecule has 130 valence electrons. The molecule has 0 aliphatic rings. The van der Waals surface area contributed by atoms with Gasteiger partial charge in [0, 0.05) is 18.7 Å². The first-order chi connectivity index (χ1) is 11.3. The lowest BCUT2D eigenvalue weighted by molar-refractivity contribution is -0.122. The van der Waals surface area contributed by atoms with Gasteiger partial charge in [0.2, 0.25) is 5.91 Å². The van der Waals surface area contributed by atoms with E-state index in [-0.39, 0.29) is 18.5 Å². The van der Waals surface area contributed by atoms with Crippen molar-refractivity contribution in [3.63, 3.8) is 0 Å². The molecule has 1 aromatic carbocycles. The molecule has 0 spiro atoms. The van der Waals surface area contributed by atoms with E-state index in [9.17, 15) is 4.79 Å². The van der Waals surface area contributed by atoms with Crippen LogP contribution in [0.15, 0.2) is 24.3 Å². The van der Waals surface area contributed by atoms with E-state index in [4.69, 9.17) is 23.8 Å². The van der Waals surface area contributed by atoms with E-state index >= 15 is 0 Å². The first-order valence-electron chi connectivity index (χ1n) is 7.66. The van der Waals surface area contributed by atoms with Crippen molar-refractivity contribution in [2.24, 2.45) is 7.05 Å². The highest BCUT2D eigenvalue weighted by atomic mass is 35.5. The Balaban J connectivity index is 2.18. The fourth-order valence-corrected chi connectivity index (χ4v) is 2.75. The number of nitrogens with one attached hydrogen (secondary N) is 1. The fourth-order valence-electron chi connectivity index (χ4n) is 2.35. The summed E-state index contributed by atoms with van der Waals surface area (Å²) >= 11 is 11.7. The molecule has 1 N–H and O–H groups in total. The van der Waals surface area contributed by atoms with Gasteiger partial charge in [0.05, 0.1) is 18.2 Å². The molecule has 24 heavy (non-hydrogen) atoms. The number of likely N-dealkylation sites (N-methyl/N-ethyl adjacent to an activating group) is 1. The van der Waals surface area contributed by atoms with Crippen LogP contribution in [0.3, 0.4) is 0 Å². The van der Waals surface area contributed by atoms with Crippen molar-refractivity contribution in [1.29, 1.82) is 0 Å². The molecule has 0 saturated heterocycles. The summed E-state index contributed by atoms with van der Waals surface area (Å²) in [4.78, 5) is 13.7. The summed E-state index contributed by atoms with van der Waals surface area (Å²) < 4.78 is 4.08. The van der Waals surface area contributed by atoms with Crippen molar-refractivity contribution in [3.05, 3.63) is 34.1 Å². The lowest BCUT2D eigenvalue weighted by Gasteiger charge is -2.17. The van der Waals surface area contributed by atoms with Crippen LogP contribution in [-0.2, 0) is 18.5 Å². The van der Waals surface area contributed by atoms with Crippen LogP contribution in [0.2, 0.25) is 5.02 Å². The fraction of sp³-hybridized carbons (Fsp3) is 0.438. The molecule has 0 aliphatic carbocycles. The molecule has 0 aliphatic heterocycles. The number of nitrogens with zero attached hydrogens (tertiary/aromatic N) is 4. The third-order valence-corrected chi connectivity index (χ3v) is 4.21. The SMILES string of the molecule is CC(C)NC(=O)CN(C)Cn1nc(-c2ccccc2Cl)n(C)c1=S. The average Bonchev–Trinajstić information content (AvgIpc) is 2.75. The lowest BCUT2D eigenvalue weighted by atomic mass is 10.2. The van der Waals surface area contributed by atoms with Crippen LogP contribution in [-0.4, -0.2) is 44.8 Å². The molecule has 0 fully saturated rings. The van der Waals surface area contributed by atoms with Crippen LogP contribution in [0.5, 0.6) is 0 Å². The third-order valence-electron chi connectivity index (χ3n) is 3.39.